The molecular formula is C24H47N2O+. The molecule has 3 nitrogen and oxygen atoms in total. The van der Waals surface area contributed by atoms with Gasteiger partial charge in [0.1, 0.15) is 6.20 Å². The van der Waals surface area contributed by atoms with Gasteiger partial charge in [-0.25, -0.2) is 0 Å². The van der Waals surface area contributed by atoms with E-state index in [1.807, 2.05) is 13.1 Å². The number of quaternary nitrogens is 1. The third-order valence-electron chi connectivity index (χ3n) is 6.20. The number of nitrogens with zero attached hydrogens (tertiary/aromatic N) is 1. The second-order valence-electron chi connectivity index (χ2n) is 8.31. The Hall–Kier alpha value is -0.800. The first kappa shape index (κ1) is 24.2. The number of hydrogen-bond donors (Lipinski definition) is 2. The van der Waals surface area contributed by atoms with Crippen molar-refractivity contribution in [2.24, 2.45) is 0 Å². The topological polar surface area (TPSA) is 32.3 Å². The van der Waals surface area contributed by atoms with Gasteiger partial charge in [0.25, 0.3) is 0 Å². The van der Waals surface area contributed by atoms with Gasteiger partial charge in [0.15, 0.2) is 12.4 Å². The molecule has 158 valence electrons. The Labute approximate surface area is 169 Å². The zero-order valence-electron chi connectivity index (χ0n) is 18.5. The summed E-state index contributed by atoms with van der Waals surface area (Å²) in [5, 5.41) is 13.6. The smallest absolute Gasteiger partial charge is 0.193 e. The zero-order valence-corrected chi connectivity index (χ0v) is 18.5. The van der Waals surface area contributed by atoms with Gasteiger partial charge in [-0.15, -0.1) is 0 Å². The van der Waals surface area contributed by atoms with E-state index >= 15 is 0 Å². The second-order valence-corrected chi connectivity index (χ2v) is 8.31. The van der Waals surface area contributed by atoms with E-state index < -0.39 is 0 Å². The number of aliphatic hydroxyl groups is 1. The van der Waals surface area contributed by atoms with Crippen LogP contribution in [0.1, 0.15) is 111 Å². The van der Waals surface area contributed by atoms with Crippen molar-refractivity contribution in [3.8, 4) is 0 Å². The molecule has 0 saturated heterocycles. The van der Waals surface area contributed by atoms with Crippen LogP contribution in [-0.2, 0) is 0 Å². The van der Waals surface area contributed by atoms with Gasteiger partial charge in [-0.2, -0.15) is 0 Å². The molecule has 0 bridgehead atoms. The minimum atomic E-state index is -0.342. The van der Waals surface area contributed by atoms with Gasteiger partial charge in [0.2, 0.25) is 0 Å². The Morgan fingerprint density at radius 3 is 2.00 bits per heavy atom. The molecule has 27 heavy (non-hydrogen) atoms. The van der Waals surface area contributed by atoms with Crippen LogP contribution in [-0.4, -0.2) is 28.5 Å². The van der Waals surface area contributed by atoms with Gasteiger partial charge in [0.05, 0.1) is 12.7 Å². The molecule has 1 heterocycles. The molecule has 0 spiro atoms. The van der Waals surface area contributed by atoms with E-state index in [2.05, 4.69) is 37.5 Å². The first-order chi connectivity index (χ1) is 13.2. The van der Waals surface area contributed by atoms with E-state index in [0.717, 1.165) is 13.0 Å². The lowest BCUT2D eigenvalue weighted by atomic mass is 10.1. The predicted molar refractivity (Wildman–Crippen MR) is 118 cm³/mol. The molecule has 3 unspecified atom stereocenters. The molecule has 0 aromatic rings. The van der Waals surface area contributed by atoms with Crippen LogP contribution in [0.4, 0.5) is 0 Å². The predicted octanol–water partition coefficient (Wildman–Crippen LogP) is 6.60. The Balaban J connectivity index is 1.95. The lowest BCUT2D eigenvalue weighted by Gasteiger charge is -2.39. The van der Waals surface area contributed by atoms with Gasteiger partial charge < -0.3 is 10.4 Å². The number of aliphatic hydroxyl groups excluding tert-OH is 1. The van der Waals surface area contributed by atoms with Crippen LogP contribution in [0.2, 0.25) is 0 Å². The first-order valence-electron chi connectivity index (χ1n) is 11.8. The van der Waals surface area contributed by atoms with Crippen molar-refractivity contribution in [3.05, 3.63) is 24.6 Å². The van der Waals surface area contributed by atoms with Crippen LogP contribution in [0, 0.1) is 0 Å². The van der Waals surface area contributed by atoms with E-state index in [0.29, 0.717) is 10.6 Å². The molecule has 1 aliphatic rings. The summed E-state index contributed by atoms with van der Waals surface area (Å²) >= 11 is 0. The summed E-state index contributed by atoms with van der Waals surface area (Å²) in [6.45, 7) is 7.29. The van der Waals surface area contributed by atoms with Gasteiger partial charge >= 0.3 is 0 Å². The molecule has 3 atom stereocenters. The maximum atomic E-state index is 10.2. The summed E-state index contributed by atoms with van der Waals surface area (Å²) in [5.41, 5.74) is 0. The standard InChI is InChI=1S/C24H47N2O/c1-4-6-7-8-9-10-11-12-13-14-15-16-17-18-19-20-24-25-21-22-26(24,5-2)23(3)27/h14-15,21-25,27H,4-13,16-20H2,1-3H3/q+1/b15-14+. The van der Waals surface area contributed by atoms with E-state index in [4.69, 9.17) is 0 Å². The van der Waals surface area contributed by atoms with Gasteiger partial charge in [-0.05, 0) is 39.0 Å². The fourth-order valence-corrected chi connectivity index (χ4v) is 4.24. The third-order valence-corrected chi connectivity index (χ3v) is 6.20. The van der Waals surface area contributed by atoms with Crippen LogP contribution >= 0.6 is 0 Å². The van der Waals surface area contributed by atoms with E-state index in [1.165, 1.54) is 83.5 Å². The molecule has 0 aromatic carbocycles. The van der Waals surface area contributed by atoms with Crippen LogP contribution in [0.15, 0.2) is 24.6 Å². The van der Waals surface area contributed by atoms with E-state index in [9.17, 15) is 5.11 Å². The molecule has 3 heteroatoms. The third kappa shape index (κ3) is 9.30. The number of hydrogen-bond acceptors (Lipinski definition) is 2. The number of rotatable bonds is 17. The highest BCUT2D eigenvalue weighted by Gasteiger charge is 2.40. The maximum Gasteiger partial charge on any atom is 0.193 e. The lowest BCUT2D eigenvalue weighted by molar-refractivity contribution is -0.942. The Kier molecular flexibility index (Phi) is 13.6. The monoisotopic (exact) mass is 379 g/mol. The number of nitrogens with one attached hydrogen (secondary N) is 1. The summed E-state index contributed by atoms with van der Waals surface area (Å²) in [6, 6.07) is 0. The van der Waals surface area contributed by atoms with Crippen molar-refractivity contribution in [2.75, 3.05) is 6.54 Å². The molecule has 1 aliphatic heterocycles. The van der Waals surface area contributed by atoms with Crippen molar-refractivity contribution in [1.29, 1.82) is 0 Å². The summed E-state index contributed by atoms with van der Waals surface area (Å²) in [6.07, 6.45) is 27.6. The average molecular weight is 380 g/mol. The highest BCUT2D eigenvalue weighted by molar-refractivity contribution is 4.85. The quantitative estimate of drug-likeness (QED) is 0.169. The van der Waals surface area contributed by atoms with Crippen LogP contribution < -0.4 is 5.32 Å². The van der Waals surface area contributed by atoms with Crippen molar-refractivity contribution in [2.45, 2.75) is 123 Å². The molecule has 0 saturated carbocycles. The summed E-state index contributed by atoms with van der Waals surface area (Å²) in [5.74, 6) is 0. The highest BCUT2D eigenvalue weighted by Crippen LogP contribution is 2.25. The zero-order chi connectivity index (χ0) is 19.8. The minimum absolute atomic E-state index is 0.340. The first-order valence-corrected chi connectivity index (χ1v) is 11.8. The number of allylic oxidation sites excluding steroid dienone is 2. The van der Waals surface area contributed by atoms with Crippen molar-refractivity contribution < 1.29 is 9.59 Å². The van der Waals surface area contributed by atoms with Crippen molar-refractivity contribution in [3.63, 3.8) is 0 Å². The summed E-state index contributed by atoms with van der Waals surface area (Å²) < 4.78 is 0.665. The normalized spacial score (nSPS) is 23.2. The van der Waals surface area contributed by atoms with E-state index in [1.54, 1.807) is 0 Å². The lowest BCUT2D eigenvalue weighted by Crippen LogP contribution is -2.57. The van der Waals surface area contributed by atoms with Crippen molar-refractivity contribution >= 4 is 0 Å². The number of unbranched alkanes of at least 4 members (excludes halogenated alkanes) is 11. The van der Waals surface area contributed by atoms with Gasteiger partial charge in [-0.1, -0.05) is 70.4 Å². The SMILES string of the molecule is CCCCCCCCCC/C=C/CCCCCC1NC=C[N+]1(CC)C(C)O. The molecule has 0 aliphatic carbocycles. The Morgan fingerprint density at radius 2 is 1.44 bits per heavy atom. The highest BCUT2D eigenvalue weighted by atomic mass is 16.3. The summed E-state index contributed by atoms with van der Waals surface area (Å²) in [4.78, 5) is 0. The molecule has 0 radical (unpaired) electrons. The van der Waals surface area contributed by atoms with Gasteiger partial charge in [-0.3, -0.25) is 4.48 Å². The van der Waals surface area contributed by atoms with Crippen LogP contribution in [0.25, 0.3) is 0 Å². The molecular weight excluding hydrogens is 332 g/mol. The van der Waals surface area contributed by atoms with Crippen molar-refractivity contribution in [1.82, 2.24) is 5.32 Å². The molecule has 2 N–H and O–H groups in total. The van der Waals surface area contributed by atoms with Gasteiger partial charge in [0, 0.05) is 13.3 Å². The second kappa shape index (κ2) is 15.2. The van der Waals surface area contributed by atoms with E-state index in [-0.39, 0.29) is 6.23 Å². The fourth-order valence-electron chi connectivity index (χ4n) is 4.24. The maximum absolute atomic E-state index is 10.2. The van der Waals surface area contributed by atoms with Crippen LogP contribution in [0.3, 0.4) is 0 Å². The molecule has 0 aromatic heterocycles. The molecule has 1 rings (SSSR count). The Bertz CT molecular complexity index is 405. The fraction of sp³-hybridized carbons (Fsp3) is 0.833. The Morgan fingerprint density at radius 1 is 0.889 bits per heavy atom. The largest absolute Gasteiger partial charge is 0.345 e. The molecule has 0 amide bonds. The minimum Gasteiger partial charge on any atom is -0.345 e. The molecule has 0 fully saturated rings. The average Bonchev–Trinajstić information content (AvgIpc) is 3.09. The summed E-state index contributed by atoms with van der Waals surface area (Å²) in [7, 11) is 0. The van der Waals surface area contributed by atoms with Crippen LogP contribution in [0.5, 0.6) is 0 Å².